The molecule has 0 bridgehead atoms. The highest BCUT2D eigenvalue weighted by atomic mass is 16.6. The van der Waals surface area contributed by atoms with Crippen molar-refractivity contribution in [1.29, 1.82) is 0 Å². The number of anilines is 2. The van der Waals surface area contributed by atoms with Gasteiger partial charge in [0.05, 0.1) is 17.6 Å². The van der Waals surface area contributed by atoms with Crippen LogP contribution in [0.2, 0.25) is 0 Å². The first-order valence-electron chi connectivity index (χ1n) is 7.71. The minimum atomic E-state index is -0.511. The standard InChI is InChI=1S/C17H22N4O2/c1-17(2,3)23-16(22)21-8-7-18-14-6-5-12(9-15(14)21)13-10-19-20(4)11-13/h5-6,9-11,18H,7-8H2,1-4H3. The highest BCUT2D eigenvalue weighted by Gasteiger charge is 2.27. The van der Waals surface area contributed by atoms with E-state index in [0.29, 0.717) is 13.1 Å². The van der Waals surface area contributed by atoms with Gasteiger partial charge in [-0.25, -0.2) is 4.79 Å². The zero-order valence-electron chi connectivity index (χ0n) is 14.0. The van der Waals surface area contributed by atoms with Crippen molar-refractivity contribution in [2.75, 3.05) is 23.3 Å². The summed E-state index contributed by atoms with van der Waals surface area (Å²) in [6.07, 6.45) is 3.45. The molecule has 6 heteroatoms. The van der Waals surface area contributed by atoms with E-state index in [1.54, 1.807) is 9.58 Å². The van der Waals surface area contributed by atoms with E-state index in [-0.39, 0.29) is 6.09 Å². The van der Waals surface area contributed by atoms with Gasteiger partial charge >= 0.3 is 6.09 Å². The van der Waals surface area contributed by atoms with Gasteiger partial charge in [0.15, 0.2) is 0 Å². The number of amides is 1. The number of aryl methyl sites for hydroxylation is 1. The van der Waals surface area contributed by atoms with Crippen LogP contribution in [0.5, 0.6) is 0 Å². The zero-order chi connectivity index (χ0) is 16.6. The van der Waals surface area contributed by atoms with Crippen LogP contribution in [-0.2, 0) is 11.8 Å². The molecule has 1 aliphatic rings. The molecule has 2 heterocycles. The monoisotopic (exact) mass is 314 g/mol. The minimum Gasteiger partial charge on any atom is -0.443 e. The van der Waals surface area contributed by atoms with E-state index in [2.05, 4.69) is 10.4 Å². The number of carbonyl (C=O) groups is 1. The van der Waals surface area contributed by atoms with Crippen molar-refractivity contribution in [1.82, 2.24) is 9.78 Å². The SMILES string of the molecule is Cn1cc(-c2ccc3c(c2)N(C(=O)OC(C)(C)C)CCN3)cn1. The number of rotatable bonds is 1. The predicted octanol–water partition coefficient (Wildman–Crippen LogP) is 3.25. The molecule has 6 nitrogen and oxygen atoms in total. The van der Waals surface area contributed by atoms with Gasteiger partial charge in [0.25, 0.3) is 0 Å². The second-order valence-electron chi connectivity index (χ2n) is 6.69. The van der Waals surface area contributed by atoms with Gasteiger partial charge in [0.2, 0.25) is 0 Å². The number of ether oxygens (including phenoxy) is 1. The van der Waals surface area contributed by atoms with Crippen LogP contribution in [0.4, 0.5) is 16.2 Å². The Morgan fingerprint density at radius 2 is 2.09 bits per heavy atom. The molecule has 1 N–H and O–H groups in total. The highest BCUT2D eigenvalue weighted by molar-refractivity contribution is 5.95. The van der Waals surface area contributed by atoms with Crippen LogP contribution in [0.25, 0.3) is 11.1 Å². The minimum absolute atomic E-state index is 0.316. The van der Waals surface area contributed by atoms with Crippen LogP contribution in [0.1, 0.15) is 20.8 Å². The van der Waals surface area contributed by atoms with E-state index in [1.165, 1.54) is 0 Å². The second kappa shape index (κ2) is 5.61. The lowest BCUT2D eigenvalue weighted by Crippen LogP contribution is -2.42. The van der Waals surface area contributed by atoms with E-state index in [4.69, 9.17) is 4.74 Å². The Kier molecular flexibility index (Phi) is 3.75. The average Bonchev–Trinajstić information content (AvgIpc) is 2.91. The van der Waals surface area contributed by atoms with Crippen molar-refractivity contribution < 1.29 is 9.53 Å². The summed E-state index contributed by atoms with van der Waals surface area (Å²) in [7, 11) is 1.89. The normalized spacial score (nSPS) is 14.2. The Morgan fingerprint density at radius 1 is 1.30 bits per heavy atom. The number of fused-ring (bicyclic) bond motifs is 1. The lowest BCUT2D eigenvalue weighted by molar-refractivity contribution is 0.0581. The van der Waals surface area contributed by atoms with Crippen LogP contribution in [0.15, 0.2) is 30.6 Å². The number of carbonyl (C=O) groups excluding carboxylic acids is 1. The van der Waals surface area contributed by atoms with Crippen LogP contribution >= 0.6 is 0 Å². The quantitative estimate of drug-likeness (QED) is 0.878. The van der Waals surface area contributed by atoms with E-state index in [9.17, 15) is 4.79 Å². The topological polar surface area (TPSA) is 59.4 Å². The number of nitrogens with zero attached hydrogens (tertiary/aromatic N) is 3. The lowest BCUT2D eigenvalue weighted by Gasteiger charge is -2.32. The first-order valence-corrected chi connectivity index (χ1v) is 7.71. The van der Waals surface area contributed by atoms with Gasteiger partial charge in [-0.3, -0.25) is 9.58 Å². The van der Waals surface area contributed by atoms with Gasteiger partial charge in [-0.2, -0.15) is 5.10 Å². The maximum atomic E-state index is 12.5. The first-order chi connectivity index (χ1) is 10.8. The Hall–Kier alpha value is -2.50. The predicted molar refractivity (Wildman–Crippen MR) is 90.7 cm³/mol. The van der Waals surface area contributed by atoms with Crippen LogP contribution in [0, 0.1) is 0 Å². The number of aromatic nitrogens is 2. The van der Waals surface area contributed by atoms with E-state index in [0.717, 1.165) is 22.5 Å². The summed E-state index contributed by atoms with van der Waals surface area (Å²) >= 11 is 0. The van der Waals surface area contributed by atoms with E-state index in [1.807, 2.05) is 58.4 Å². The Labute approximate surface area is 136 Å². The maximum Gasteiger partial charge on any atom is 0.414 e. The summed E-state index contributed by atoms with van der Waals surface area (Å²) < 4.78 is 7.29. The Morgan fingerprint density at radius 3 is 2.74 bits per heavy atom. The lowest BCUT2D eigenvalue weighted by atomic mass is 10.1. The largest absolute Gasteiger partial charge is 0.443 e. The molecule has 0 fully saturated rings. The molecule has 0 saturated carbocycles. The Balaban J connectivity index is 1.95. The average molecular weight is 314 g/mol. The summed E-state index contributed by atoms with van der Waals surface area (Å²) in [6, 6.07) is 6.03. The molecule has 1 aromatic carbocycles. The third-order valence-corrected chi connectivity index (χ3v) is 3.59. The van der Waals surface area contributed by atoms with E-state index < -0.39 is 5.60 Å². The first kappa shape index (κ1) is 15.4. The summed E-state index contributed by atoms with van der Waals surface area (Å²) in [4.78, 5) is 14.2. The molecular formula is C17H22N4O2. The summed E-state index contributed by atoms with van der Waals surface area (Å²) in [5.41, 5.74) is 3.31. The van der Waals surface area contributed by atoms with Gasteiger partial charge in [-0.1, -0.05) is 6.07 Å². The molecule has 0 aliphatic carbocycles. The fourth-order valence-electron chi connectivity index (χ4n) is 2.58. The Bertz CT molecular complexity index is 730. The van der Waals surface area contributed by atoms with Crippen molar-refractivity contribution in [3.05, 3.63) is 30.6 Å². The van der Waals surface area contributed by atoms with Gasteiger partial charge < -0.3 is 10.1 Å². The molecule has 0 saturated heterocycles. The molecule has 23 heavy (non-hydrogen) atoms. The third-order valence-electron chi connectivity index (χ3n) is 3.59. The van der Waals surface area contributed by atoms with Gasteiger partial charge in [0, 0.05) is 31.9 Å². The number of hydrogen-bond acceptors (Lipinski definition) is 4. The van der Waals surface area contributed by atoms with Crippen molar-refractivity contribution in [3.63, 3.8) is 0 Å². The molecule has 122 valence electrons. The van der Waals surface area contributed by atoms with Crippen LogP contribution in [0.3, 0.4) is 0 Å². The van der Waals surface area contributed by atoms with Crippen LogP contribution in [-0.4, -0.2) is 34.6 Å². The van der Waals surface area contributed by atoms with Crippen LogP contribution < -0.4 is 10.2 Å². The smallest absolute Gasteiger partial charge is 0.414 e. The number of nitrogens with one attached hydrogen (secondary N) is 1. The summed E-state index contributed by atoms with van der Waals surface area (Å²) in [6.45, 7) is 6.91. The zero-order valence-corrected chi connectivity index (χ0v) is 14.0. The number of hydrogen-bond donors (Lipinski definition) is 1. The van der Waals surface area contributed by atoms with E-state index >= 15 is 0 Å². The molecule has 0 spiro atoms. The molecule has 3 rings (SSSR count). The van der Waals surface area contributed by atoms with Gasteiger partial charge in [-0.15, -0.1) is 0 Å². The molecule has 2 aromatic rings. The molecular weight excluding hydrogens is 292 g/mol. The fourth-order valence-corrected chi connectivity index (χ4v) is 2.58. The third kappa shape index (κ3) is 3.31. The second-order valence-corrected chi connectivity index (χ2v) is 6.69. The summed E-state index contributed by atoms with van der Waals surface area (Å²) in [5, 5.41) is 7.53. The number of benzene rings is 1. The fraction of sp³-hybridized carbons (Fsp3) is 0.412. The molecule has 0 atom stereocenters. The molecule has 0 unspecified atom stereocenters. The van der Waals surface area contributed by atoms with Crippen molar-refractivity contribution in [2.24, 2.45) is 7.05 Å². The summed E-state index contributed by atoms with van der Waals surface area (Å²) in [5.74, 6) is 0. The van der Waals surface area contributed by atoms with Crippen molar-refractivity contribution in [2.45, 2.75) is 26.4 Å². The molecule has 1 aromatic heterocycles. The molecule has 0 radical (unpaired) electrons. The highest BCUT2D eigenvalue weighted by Crippen LogP contribution is 2.34. The van der Waals surface area contributed by atoms with Crippen molar-refractivity contribution in [3.8, 4) is 11.1 Å². The molecule has 1 aliphatic heterocycles. The molecule has 1 amide bonds. The van der Waals surface area contributed by atoms with Crippen molar-refractivity contribution >= 4 is 17.5 Å². The maximum absolute atomic E-state index is 12.5. The van der Waals surface area contributed by atoms with Gasteiger partial charge in [0.1, 0.15) is 5.60 Å². The van der Waals surface area contributed by atoms with Gasteiger partial charge in [-0.05, 0) is 38.5 Å².